The van der Waals surface area contributed by atoms with Gasteiger partial charge in [-0.25, -0.2) is 0 Å². The summed E-state index contributed by atoms with van der Waals surface area (Å²) in [6.45, 7) is 2.40. The van der Waals surface area contributed by atoms with Crippen LogP contribution in [0.15, 0.2) is 24.4 Å². The van der Waals surface area contributed by atoms with Crippen molar-refractivity contribution in [1.82, 2.24) is 15.1 Å². The Hall–Kier alpha value is -2.37. The Bertz CT molecular complexity index is 694. The second-order valence-corrected chi connectivity index (χ2v) is 5.48. The third kappa shape index (κ3) is 1.84. The topological polar surface area (TPSA) is 86.3 Å². The van der Waals surface area contributed by atoms with E-state index in [0.29, 0.717) is 18.5 Å². The van der Waals surface area contributed by atoms with Crippen molar-refractivity contribution >= 4 is 22.8 Å². The average molecular weight is 273 g/mol. The molecule has 6 heteroatoms. The summed E-state index contributed by atoms with van der Waals surface area (Å²) in [6, 6.07) is 5.39. The molecule has 104 valence electrons. The number of nitrogens with one attached hydrogen (secondary N) is 1. The first-order chi connectivity index (χ1) is 9.51. The molecule has 1 saturated heterocycles. The second-order valence-electron chi connectivity index (χ2n) is 5.48. The van der Waals surface area contributed by atoms with E-state index < -0.39 is 11.4 Å². The molecule has 20 heavy (non-hydrogen) atoms. The number of hydrogen-bond acceptors (Lipinski definition) is 3. The number of aromatic amines is 1. The predicted octanol–water partition coefficient (Wildman–Crippen LogP) is 1.50. The lowest BCUT2D eigenvalue weighted by molar-refractivity contribution is -0.147. The number of hydrogen-bond donors (Lipinski definition) is 2. The smallest absolute Gasteiger partial charge is 0.311 e. The number of amides is 1. The molecule has 1 aliphatic heterocycles. The molecule has 0 radical (unpaired) electrons. The summed E-state index contributed by atoms with van der Waals surface area (Å²) in [5.41, 5.74) is 0.516. The summed E-state index contributed by atoms with van der Waals surface area (Å²) in [6.07, 6.45) is 2.10. The third-order valence-corrected chi connectivity index (χ3v) is 3.99. The fourth-order valence-electron chi connectivity index (χ4n) is 2.63. The largest absolute Gasteiger partial charge is 0.481 e. The number of benzene rings is 1. The van der Waals surface area contributed by atoms with Gasteiger partial charge in [0.25, 0.3) is 5.91 Å². The first-order valence-corrected chi connectivity index (χ1v) is 6.46. The van der Waals surface area contributed by atoms with Gasteiger partial charge in [0, 0.05) is 18.5 Å². The number of rotatable bonds is 2. The molecular weight excluding hydrogens is 258 g/mol. The number of nitrogens with zero attached hydrogens (tertiary/aromatic N) is 2. The van der Waals surface area contributed by atoms with Gasteiger partial charge in [0.2, 0.25) is 0 Å². The number of carbonyl (C=O) groups excluding carboxylic acids is 1. The highest BCUT2D eigenvalue weighted by atomic mass is 16.4. The molecule has 2 heterocycles. The maximum atomic E-state index is 12.6. The number of aromatic nitrogens is 2. The van der Waals surface area contributed by atoms with Crippen LogP contribution in [0.4, 0.5) is 0 Å². The predicted molar refractivity (Wildman–Crippen MR) is 72.4 cm³/mol. The van der Waals surface area contributed by atoms with Crippen molar-refractivity contribution in [2.75, 3.05) is 13.1 Å². The number of fused-ring (bicyclic) bond motifs is 1. The summed E-state index contributed by atoms with van der Waals surface area (Å²) < 4.78 is 0. The molecule has 0 unspecified atom stereocenters. The van der Waals surface area contributed by atoms with E-state index in [1.807, 2.05) is 6.07 Å². The Morgan fingerprint density at radius 3 is 2.95 bits per heavy atom. The van der Waals surface area contributed by atoms with E-state index in [1.54, 1.807) is 30.2 Å². The Balaban J connectivity index is 1.91. The quantitative estimate of drug-likeness (QED) is 0.868. The summed E-state index contributed by atoms with van der Waals surface area (Å²) in [5.74, 6) is -0.990. The number of H-pyrrole nitrogens is 1. The highest BCUT2D eigenvalue weighted by molar-refractivity contribution is 6.06. The van der Waals surface area contributed by atoms with E-state index in [4.69, 9.17) is 0 Å². The van der Waals surface area contributed by atoms with E-state index in [2.05, 4.69) is 10.2 Å². The number of likely N-dealkylation sites (tertiary alicyclic amines) is 1. The molecule has 1 amide bonds. The van der Waals surface area contributed by atoms with Crippen LogP contribution in [0.1, 0.15) is 23.7 Å². The van der Waals surface area contributed by atoms with Gasteiger partial charge in [-0.2, -0.15) is 5.10 Å². The molecule has 3 rings (SSSR count). The van der Waals surface area contributed by atoms with Crippen molar-refractivity contribution in [2.24, 2.45) is 5.41 Å². The van der Waals surface area contributed by atoms with Crippen molar-refractivity contribution in [2.45, 2.75) is 13.3 Å². The second kappa shape index (κ2) is 4.33. The highest BCUT2D eigenvalue weighted by Crippen LogP contribution is 2.31. The molecule has 1 fully saturated rings. The van der Waals surface area contributed by atoms with E-state index in [1.165, 1.54) is 0 Å². The van der Waals surface area contributed by atoms with Crippen molar-refractivity contribution in [1.29, 1.82) is 0 Å². The van der Waals surface area contributed by atoms with E-state index >= 15 is 0 Å². The van der Waals surface area contributed by atoms with Crippen LogP contribution < -0.4 is 0 Å². The lowest BCUT2D eigenvalue weighted by atomic mass is 9.90. The van der Waals surface area contributed by atoms with Gasteiger partial charge >= 0.3 is 5.97 Å². The molecule has 6 nitrogen and oxygen atoms in total. The van der Waals surface area contributed by atoms with Crippen molar-refractivity contribution in [3.05, 3.63) is 30.0 Å². The monoisotopic (exact) mass is 273 g/mol. The Kier molecular flexibility index (Phi) is 2.74. The van der Waals surface area contributed by atoms with Gasteiger partial charge in [-0.1, -0.05) is 6.07 Å². The van der Waals surface area contributed by atoms with Crippen molar-refractivity contribution in [3.63, 3.8) is 0 Å². The number of aliphatic carboxylic acids is 1. The maximum Gasteiger partial charge on any atom is 0.311 e. The van der Waals surface area contributed by atoms with Crippen molar-refractivity contribution < 1.29 is 14.7 Å². The lowest BCUT2D eigenvalue weighted by Gasteiger charge is -2.20. The SMILES string of the molecule is C[C@]1(C(=O)O)CCN(C(=O)c2cccc3[nH]ncc23)C1. The molecule has 1 atom stereocenters. The first kappa shape index (κ1) is 12.7. The number of carboxylic acids is 1. The molecule has 0 aliphatic carbocycles. The average Bonchev–Trinajstić information content (AvgIpc) is 3.04. The molecule has 0 spiro atoms. The molecule has 1 aromatic heterocycles. The van der Waals surface area contributed by atoms with Crippen LogP contribution in [0.2, 0.25) is 0 Å². The highest BCUT2D eigenvalue weighted by Gasteiger charge is 2.42. The van der Waals surface area contributed by atoms with Gasteiger partial charge in [-0.3, -0.25) is 14.7 Å². The zero-order chi connectivity index (χ0) is 14.3. The third-order valence-electron chi connectivity index (χ3n) is 3.99. The normalized spacial score (nSPS) is 22.4. The summed E-state index contributed by atoms with van der Waals surface area (Å²) in [5, 5.41) is 16.8. The van der Waals surface area contributed by atoms with Crippen LogP contribution in [0.25, 0.3) is 10.9 Å². The standard InChI is InChI=1S/C14H15N3O3/c1-14(13(19)20)5-6-17(8-14)12(18)9-3-2-4-11-10(9)7-15-16-11/h2-4,7H,5-6,8H2,1H3,(H,15,16)(H,19,20)/t14-/m0/s1. The Morgan fingerprint density at radius 2 is 2.25 bits per heavy atom. The number of carboxylic acid groups (broad SMARTS) is 1. The summed E-state index contributed by atoms with van der Waals surface area (Å²) in [4.78, 5) is 25.4. The van der Waals surface area contributed by atoms with Gasteiger partial charge in [0.1, 0.15) is 0 Å². The van der Waals surface area contributed by atoms with E-state index in [0.717, 1.165) is 10.9 Å². The van der Waals surface area contributed by atoms with Crippen LogP contribution in [0.3, 0.4) is 0 Å². The van der Waals surface area contributed by atoms with Gasteiger partial charge in [0.15, 0.2) is 0 Å². The molecule has 2 aromatic rings. The minimum Gasteiger partial charge on any atom is -0.481 e. The summed E-state index contributed by atoms with van der Waals surface area (Å²) in [7, 11) is 0. The van der Waals surface area contributed by atoms with Gasteiger partial charge in [-0.05, 0) is 25.5 Å². The summed E-state index contributed by atoms with van der Waals surface area (Å²) >= 11 is 0. The van der Waals surface area contributed by atoms with Crippen LogP contribution in [-0.2, 0) is 4.79 Å². The first-order valence-electron chi connectivity index (χ1n) is 6.46. The Morgan fingerprint density at radius 1 is 1.45 bits per heavy atom. The van der Waals surface area contributed by atoms with E-state index in [9.17, 15) is 14.7 Å². The zero-order valence-corrected chi connectivity index (χ0v) is 11.1. The van der Waals surface area contributed by atoms with Crippen molar-refractivity contribution in [3.8, 4) is 0 Å². The van der Waals surface area contributed by atoms with Gasteiger partial charge in [0.05, 0.1) is 22.7 Å². The molecule has 0 saturated carbocycles. The maximum absolute atomic E-state index is 12.6. The molecule has 2 N–H and O–H groups in total. The zero-order valence-electron chi connectivity index (χ0n) is 11.1. The van der Waals surface area contributed by atoms with Crippen LogP contribution in [0.5, 0.6) is 0 Å². The fraction of sp³-hybridized carbons (Fsp3) is 0.357. The minimum absolute atomic E-state index is 0.137. The molecular formula is C14H15N3O3. The van der Waals surface area contributed by atoms with Gasteiger partial charge in [-0.15, -0.1) is 0 Å². The molecule has 1 aliphatic rings. The molecule has 1 aromatic carbocycles. The van der Waals surface area contributed by atoms with Crippen LogP contribution >= 0.6 is 0 Å². The molecule has 0 bridgehead atoms. The minimum atomic E-state index is -0.852. The van der Waals surface area contributed by atoms with Crippen LogP contribution in [0, 0.1) is 5.41 Å². The van der Waals surface area contributed by atoms with Crippen LogP contribution in [-0.4, -0.2) is 45.2 Å². The van der Waals surface area contributed by atoms with E-state index in [-0.39, 0.29) is 12.5 Å². The number of carbonyl (C=O) groups is 2. The lowest BCUT2D eigenvalue weighted by Crippen LogP contribution is -2.34. The fourth-order valence-corrected chi connectivity index (χ4v) is 2.63. The Labute approximate surface area is 115 Å². The van der Waals surface area contributed by atoms with Gasteiger partial charge < -0.3 is 10.0 Å².